The summed E-state index contributed by atoms with van der Waals surface area (Å²) in [5.41, 5.74) is 3.38. The largest absolute Gasteiger partial charge is 0.464 e. The summed E-state index contributed by atoms with van der Waals surface area (Å²) in [6.45, 7) is 4.03. The molecule has 1 aromatic heterocycles. The Morgan fingerprint density at radius 1 is 1.35 bits per heavy atom. The lowest BCUT2D eigenvalue weighted by Gasteiger charge is -2.08. The number of carbonyl (C=O) groups excluding carboxylic acids is 1. The van der Waals surface area contributed by atoms with Crippen LogP contribution in [0, 0.1) is 13.8 Å². The molecular formula is C13H12BrNO2. The van der Waals surface area contributed by atoms with Gasteiger partial charge in [0, 0.05) is 9.86 Å². The zero-order valence-electron chi connectivity index (χ0n) is 9.87. The molecule has 3 nitrogen and oxygen atoms in total. The number of hydrogen-bond donors (Lipinski definition) is 0. The average molecular weight is 294 g/mol. The normalized spacial score (nSPS) is 10.6. The molecule has 0 unspecified atom stereocenters. The summed E-state index contributed by atoms with van der Waals surface area (Å²) in [7, 11) is 1.35. The predicted octanol–water partition coefficient (Wildman–Crippen LogP) is 3.40. The molecule has 1 heterocycles. The number of fused-ring (bicyclic) bond motifs is 1. The van der Waals surface area contributed by atoms with Gasteiger partial charge in [0.1, 0.15) is 5.69 Å². The Kier molecular flexibility index (Phi) is 3.15. The van der Waals surface area contributed by atoms with Crippen LogP contribution in [0.2, 0.25) is 0 Å². The second-order valence-corrected chi connectivity index (χ2v) is 4.68. The molecule has 0 N–H and O–H groups in total. The summed E-state index contributed by atoms with van der Waals surface area (Å²) in [6.07, 6.45) is 0. The van der Waals surface area contributed by atoms with Gasteiger partial charge in [-0.15, -0.1) is 0 Å². The fourth-order valence-corrected chi connectivity index (χ4v) is 2.13. The minimum absolute atomic E-state index is 0.334. The summed E-state index contributed by atoms with van der Waals surface area (Å²) >= 11 is 3.54. The molecule has 0 atom stereocenters. The topological polar surface area (TPSA) is 39.2 Å². The van der Waals surface area contributed by atoms with Crippen LogP contribution in [0.1, 0.15) is 21.6 Å². The highest BCUT2D eigenvalue weighted by atomic mass is 79.9. The number of rotatable bonds is 1. The fourth-order valence-electron chi connectivity index (χ4n) is 1.80. The number of methoxy groups -OCH3 is 1. The van der Waals surface area contributed by atoms with Gasteiger partial charge in [-0.05, 0) is 37.1 Å². The van der Waals surface area contributed by atoms with Crippen LogP contribution in [-0.2, 0) is 4.74 Å². The van der Waals surface area contributed by atoms with Crippen molar-refractivity contribution in [1.82, 2.24) is 4.98 Å². The van der Waals surface area contributed by atoms with Crippen molar-refractivity contribution in [2.45, 2.75) is 13.8 Å². The van der Waals surface area contributed by atoms with Gasteiger partial charge in [-0.2, -0.15) is 0 Å². The monoisotopic (exact) mass is 293 g/mol. The van der Waals surface area contributed by atoms with E-state index in [-0.39, 0.29) is 0 Å². The highest BCUT2D eigenvalue weighted by Crippen LogP contribution is 2.28. The van der Waals surface area contributed by atoms with E-state index in [1.54, 1.807) is 6.07 Å². The van der Waals surface area contributed by atoms with Crippen molar-refractivity contribution in [2.75, 3.05) is 7.11 Å². The van der Waals surface area contributed by atoms with Gasteiger partial charge in [-0.1, -0.05) is 22.0 Å². The van der Waals surface area contributed by atoms with Crippen LogP contribution >= 0.6 is 15.9 Å². The zero-order valence-corrected chi connectivity index (χ0v) is 11.5. The summed E-state index contributed by atoms with van der Waals surface area (Å²) in [5.74, 6) is -0.412. The van der Waals surface area contributed by atoms with Crippen molar-refractivity contribution in [3.05, 3.63) is 39.5 Å². The first-order chi connectivity index (χ1) is 8.04. The van der Waals surface area contributed by atoms with E-state index in [1.165, 1.54) is 7.11 Å². The lowest BCUT2D eigenvalue weighted by atomic mass is 10.1. The van der Waals surface area contributed by atoms with Crippen molar-refractivity contribution in [1.29, 1.82) is 0 Å². The number of esters is 1. The number of aryl methyl sites for hydroxylation is 2. The van der Waals surface area contributed by atoms with Crippen molar-refractivity contribution >= 4 is 32.8 Å². The molecule has 0 radical (unpaired) electrons. The molecule has 0 aliphatic rings. The highest BCUT2D eigenvalue weighted by Gasteiger charge is 2.11. The summed E-state index contributed by atoms with van der Waals surface area (Å²) < 4.78 is 5.74. The Morgan fingerprint density at radius 2 is 2.06 bits per heavy atom. The summed E-state index contributed by atoms with van der Waals surface area (Å²) in [4.78, 5) is 15.7. The molecule has 0 spiro atoms. The maximum absolute atomic E-state index is 11.4. The van der Waals surface area contributed by atoms with Crippen LogP contribution < -0.4 is 0 Å². The van der Waals surface area contributed by atoms with Gasteiger partial charge in [0.25, 0.3) is 0 Å². The number of hydrogen-bond acceptors (Lipinski definition) is 3. The quantitative estimate of drug-likeness (QED) is 0.757. The fraction of sp³-hybridized carbons (Fsp3) is 0.231. The molecule has 0 amide bonds. The molecule has 0 saturated carbocycles. The van der Waals surface area contributed by atoms with E-state index < -0.39 is 5.97 Å². The average Bonchev–Trinajstić information content (AvgIpc) is 2.34. The maximum Gasteiger partial charge on any atom is 0.356 e. The summed E-state index contributed by atoms with van der Waals surface area (Å²) in [5, 5.41) is 1.04. The first-order valence-electron chi connectivity index (χ1n) is 5.19. The van der Waals surface area contributed by atoms with Crippen LogP contribution in [0.25, 0.3) is 10.9 Å². The van der Waals surface area contributed by atoms with Gasteiger partial charge in [0.05, 0.1) is 12.6 Å². The summed E-state index contributed by atoms with van der Waals surface area (Å²) in [6, 6.07) is 5.54. The number of benzene rings is 1. The van der Waals surface area contributed by atoms with Crippen LogP contribution in [0.15, 0.2) is 22.7 Å². The lowest BCUT2D eigenvalue weighted by Crippen LogP contribution is -2.04. The molecule has 88 valence electrons. The predicted molar refractivity (Wildman–Crippen MR) is 70.3 cm³/mol. The third-order valence-corrected chi connectivity index (χ3v) is 3.97. The molecule has 0 bridgehead atoms. The van der Waals surface area contributed by atoms with Gasteiger partial charge in [0.15, 0.2) is 0 Å². The molecule has 0 saturated heterocycles. The third kappa shape index (κ3) is 2.05. The molecule has 0 fully saturated rings. The smallest absolute Gasteiger partial charge is 0.356 e. The van der Waals surface area contributed by atoms with Crippen molar-refractivity contribution in [3.8, 4) is 0 Å². The number of pyridine rings is 1. The van der Waals surface area contributed by atoms with Crippen LogP contribution in [-0.4, -0.2) is 18.1 Å². The molecular weight excluding hydrogens is 282 g/mol. The first-order valence-corrected chi connectivity index (χ1v) is 5.98. The van der Waals surface area contributed by atoms with Crippen molar-refractivity contribution in [2.24, 2.45) is 0 Å². The van der Waals surface area contributed by atoms with Crippen molar-refractivity contribution in [3.63, 3.8) is 0 Å². The van der Waals surface area contributed by atoms with E-state index >= 15 is 0 Å². The van der Waals surface area contributed by atoms with Crippen LogP contribution in [0.5, 0.6) is 0 Å². The Balaban J connectivity index is 2.71. The van der Waals surface area contributed by atoms with Gasteiger partial charge in [-0.25, -0.2) is 9.78 Å². The second kappa shape index (κ2) is 4.45. The van der Waals surface area contributed by atoms with Gasteiger partial charge in [0.2, 0.25) is 0 Å². The molecule has 0 aliphatic heterocycles. The Hall–Kier alpha value is -1.42. The Bertz CT molecular complexity index is 608. The molecule has 17 heavy (non-hydrogen) atoms. The molecule has 1 aromatic carbocycles. The van der Waals surface area contributed by atoms with Gasteiger partial charge in [-0.3, -0.25) is 0 Å². The van der Waals surface area contributed by atoms with Gasteiger partial charge < -0.3 is 4.74 Å². The SMILES string of the molecule is COC(=O)c1ccc2c(C)c(Br)c(C)cc2n1. The minimum Gasteiger partial charge on any atom is -0.464 e. The molecule has 2 rings (SSSR count). The number of halogens is 1. The van der Waals surface area contributed by atoms with E-state index in [4.69, 9.17) is 0 Å². The van der Waals surface area contributed by atoms with E-state index in [0.29, 0.717) is 5.69 Å². The zero-order chi connectivity index (χ0) is 12.6. The van der Waals surface area contributed by atoms with Gasteiger partial charge >= 0.3 is 5.97 Å². The minimum atomic E-state index is -0.412. The van der Waals surface area contributed by atoms with E-state index in [2.05, 4.69) is 25.7 Å². The molecule has 4 heteroatoms. The molecule has 0 aliphatic carbocycles. The lowest BCUT2D eigenvalue weighted by molar-refractivity contribution is 0.0594. The van der Waals surface area contributed by atoms with Crippen LogP contribution in [0.4, 0.5) is 0 Å². The highest BCUT2D eigenvalue weighted by molar-refractivity contribution is 9.10. The Labute approximate surface area is 108 Å². The second-order valence-electron chi connectivity index (χ2n) is 3.89. The number of aromatic nitrogens is 1. The molecule has 2 aromatic rings. The number of nitrogens with zero attached hydrogens (tertiary/aromatic N) is 1. The third-order valence-electron chi connectivity index (χ3n) is 2.75. The van der Waals surface area contributed by atoms with E-state index in [9.17, 15) is 4.79 Å². The van der Waals surface area contributed by atoms with Crippen molar-refractivity contribution < 1.29 is 9.53 Å². The number of ether oxygens (including phenoxy) is 1. The Morgan fingerprint density at radius 3 is 2.71 bits per heavy atom. The van der Waals surface area contributed by atoms with Crippen LogP contribution in [0.3, 0.4) is 0 Å². The van der Waals surface area contributed by atoms with E-state index in [0.717, 1.165) is 26.5 Å². The van der Waals surface area contributed by atoms with E-state index in [1.807, 2.05) is 26.0 Å². The first kappa shape index (κ1) is 12.0. The maximum atomic E-state index is 11.4. The standard InChI is InChI=1S/C13H12BrNO2/c1-7-6-11-9(8(2)12(7)14)4-5-10(15-11)13(16)17-3/h4-6H,1-3H3. The number of carbonyl (C=O) groups is 1.